The van der Waals surface area contributed by atoms with Gasteiger partial charge >= 0.3 is 6.09 Å². The monoisotopic (exact) mass is 637 g/mol. The molecule has 2 aliphatic rings. The highest BCUT2D eigenvalue weighted by molar-refractivity contribution is 6.13. The van der Waals surface area contributed by atoms with Gasteiger partial charge in [0.15, 0.2) is 0 Å². The van der Waals surface area contributed by atoms with Crippen molar-refractivity contribution in [3.05, 3.63) is 71.0 Å². The molecule has 46 heavy (non-hydrogen) atoms. The van der Waals surface area contributed by atoms with E-state index in [-0.39, 0.29) is 44.0 Å². The fourth-order valence-corrected chi connectivity index (χ4v) is 5.87. The Hall–Kier alpha value is -4.32. The number of piperidine rings is 1. The summed E-state index contributed by atoms with van der Waals surface area (Å²) in [6, 6.07) is 12.7. The Morgan fingerprint density at radius 3 is 2.43 bits per heavy atom. The lowest BCUT2D eigenvalue weighted by atomic mass is 9.73. The van der Waals surface area contributed by atoms with E-state index in [0.29, 0.717) is 24.1 Å². The fourth-order valence-electron chi connectivity index (χ4n) is 5.87. The average molecular weight is 638 g/mol. The van der Waals surface area contributed by atoms with Crippen molar-refractivity contribution < 1.29 is 33.4 Å². The molecule has 2 atom stereocenters. The number of hydrogen-bond acceptors (Lipinski definition) is 7. The van der Waals surface area contributed by atoms with E-state index in [1.54, 1.807) is 32.7 Å². The highest BCUT2D eigenvalue weighted by Gasteiger charge is 2.54. The van der Waals surface area contributed by atoms with E-state index in [1.807, 2.05) is 30.3 Å². The second-order valence-corrected chi connectivity index (χ2v) is 13.5. The Kier molecular flexibility index (Phi) is 10.2. The Morgan fingerprint density at radius 1 is 1.09 bits per heavy atom. The van der Waals surface area contributed by atoms with Crippen molar-refractivity contribution in [3.63, 3.8) is 0 Å². The lowest BCUT2D eigenvalue weighted by Crippen LogP contribution is -2.62. The summed E-state index contributed by atoms with van der Waals surface area (Å²) < 4.78 is 20.1. The van der Waals surface area contributed by atoms with E-state index in [1.165, 1.54) is 37.1 Å². The number of nitrogens with zero attached hydrogens (tertiary/aromatic N) is 3. The molecule has 0 aromatic heterocycles. The van der Waals surface area contributed by atoms with Crippen LogP contribution in [0.2, 0.25) is 0 Å². The molecule has 4 amide bonds. The molecule has 0 saturated carbocycles. The summed E-state index contributed by atoms with van der Waals surface area (Å²) >= 11 is 0. The van der Waals surface area contributed by atoms with Gasteiger partial charge in [-0.1, -0.05) is 42.5 Å². The third-order valence-electron chi connectivity index (χ3n) is 8.25. The molecule has 0 bridgehead atoms. The number of aliphatic hydroxyl groups is 1. The predicted octanol–water partition coefficient (Wildman–Crippen LogP) is 3.33. The van der Waals surface area contributed by atoms with Crippen LogP contribution < -0.4 is 10.6 Å². The number of aryl methyl sites for hydroxylation is 1. The molecule has 0 spiro atoms. The van der Waals surface area contributed by atoms with Gasteiger partial charge in [0.2, 0.25) is 11.8 Å². The van der Waals surface area contributed by atoms with Crippen LogP contribution in [0.5, 0.6) is 0 Å². The van der Waals surface area contributed by atoms with Crippen molar-refractivity contribution in [3.8, 4) is 0 Å². The van der Waals surface area contributed by atoms with Crippen molar-refractivity contribution in [2.24, 2.45) is 10.5 Å². The van der Waals surface area contributed by atoms with Gasteiger partial charge in [-0.15, -0.1) is 0 Å². The standard InChI is InChI=1S/C34H44FN5O6/c1-32(2,3)46-31(45)37-33(4,5)29(43)36-26(15-13-24-18-23(20-41)12-14-25(24)35)28(42)40-17-16-27-34(21-40,30(44)39(6)38-27)19-22-10-8-7-9-11-22/h7-12,14,18,26,41H,13,15-17,19-21H2,1-6H3,(H,36,43)(H,37,45)/t26?,34-/m1/s1. The highest BCUT2D eigenvalue weighted by Crippen LogP contribution is 2.38. The summed E-state index contributed by atoms with van der Waals surface area (Å²) in [5.41, 5.74) is -0.890. The second-order valence-electron chi connectivity index (χ2n) is 13.5. The average Bonchev–Trinajstić information content (AvgIpc) is 3.23. The van der Waals surface area contributed by atoms with Gasteiger partial charge in [-0.25, -0.2) is 14.2 Å². The summed E-state index contributed by atoms with van der Waals surface area (Å²) in [5.74, 6) is -1.79. The smallest absolute Gasteiger partial charge is 0.408 e. The van der Waals surface area contributed by atoms with Crippen LogP contribution in [0.4, 0.5) is 9.18 Å². The Bertz CT molecular complexity index is 1510. The maximum atomic E-state index is 14.7. The quantitative estimate of drug-likeness (QED) is 0.365. The lowest BCUT2D eigenvalue weighted by Gasteiger charge is -2.41. The molecule has 248 valence electrons. The number of amides is 4. The lowest BCUT2D eigenvalue weighted by molar-refractivity contribution is -0.142. The van der Waals surface area contributed by atoms with Gasteiger partial charge < -0.3 is 25.4 Å². The van der Waals surface area contributed by atoms with Gasteiger partial charge in [0.1, 0.15) is 28.4 Å². The van der Waals surface area contributed by atoms with Crippen LogP contribution in [0.3, 0.4) is 0 Å². The minimum atomic E-state index is -1.47. The first-order chi connectivity index (χ1) is 21.5. The number of alkyl carbamates (subject to hydrolysis) is 1. The molecule has 2 heterocycles. The number of rotatable bonds is 10. The van der Waals surface area contributed by atoms with Crippen LogP contribution in [0.1, 0.15) is 64.2 Å². The van der Waals surface area contributed by atoms with E-state index in [2.05, 4.69) is 15.7 Å². The first-order valence-corrected chi connectivity index (χ1v) is 15.4. The van der Waals surface area contributed by atoms with E-state index in [9.17, 15) is 28.7 Å². The summed E-state index contributed by atoms with van der Waals surface area (Å²) in [7, 11) is 1.60. The third-order valence-corrected chi connectivity index (χ3v) is 8.25. The molecular weight excluding hydrogens is 593 g/mol. The normalized spacial score (nSPS) is 18.9. The Balaban J connectivity index is 1.60. The SMILES string of the molecule is CN1N=C2CCN(C(=O)C(CCc3cc(CO)ccc3F)NC(=O)C(C)(C)NC(=O)OC(C)(C)C)C[C@@]2(Cc2ccccc2)C1=O. The Morgan fingerprint density at radius 2 is 1.78 bits per heavy atom. The molecule has 1 unspecified atom stereocenters. The fraction of sp³-hybridized carbons (Fsp3) is 0.500. The number of fused-ring (bicyclic) bond motifs is 1. The van der Waals surface area contributed by atoms with Crippen molar-refractivity contribution >= 4 is 29.5 Å². The van der Waals surface area contributed by atoms with Crippen molar-refractivity contribution in [1.82, 2.24) is 20.5 Å². The predicted molar refractivity (Wildman–Crippen MR) is 170 cm³/mol. The van der Waals surface area contributed by atoms with Crippen molar-refractivity contribution in [2.75, 3.05) is 20.1 Å². The Labute approximate surface area is 269 Å². The number of aliphatic hydroxyl groups excluding tert-OH is 1. The summed E-state index contributed by atoms with van der Waals surface area (Å²) in [5, 5.41) is 20.7. The first-order valence-electron chi connectivity index (χ1n) is 15.4. The number of hydrogen-bond donors (Lipinski definition) is 3. The topological polar surface area (TPSA) is 141 Å². The second kappa shape index (κ2) is 13.6. The molecule has 1 saturated heterocycles. The maximum absolute atomic E-state index is 14.7. The summed E-state index contributed by atoms with van der Waals surface area (Å²) in [4.78, 5) is 55.5. The zero-order valence-electron chi connectivity index (χ0n) is 27.4. The zero-order valence-corrected chi connectivity index (χ0v) is 27.4. The van der Waals surface area contributed by atoms with E-state index in [0.717, 1.165) is 5.56 Å². The zero-order chi connectivity index (χ0) is 33.9. The molecule has 11 nitrogen and oxygen atoms in total. The van der Waals surface area contributed by atoms with Gasteiger partial charge in [-0.2, -0.15) is 5.10 Å². The molecule has 12 heteroatoms. The number of nitrogens with one attached hydrogen (secondary N) is 2. The van der Waals surface area contributed by atoms with Gasteiger partial charge in [0, 0.05) is 26.6 Å². The molecule has 2 aliphatic heterocycles. The van der Waals surface area contributed by atoms with Gasteiger partial charge in [-0.05, 0) is 76.6 Å². The first kappa shape index (κ1) is 34.6. The number of carbonyl (C=O) groups excluding carboxylic acids is 4. The van der Waals surface area contributed by atoms with Crippen molar-refractivity contribution in [2.45, 2.75) is 84.1 Å². The number of carbonyl (C=O) groups is 4. The van der Waals surface area contributed by atoms with Crippen LogP contribution in [0, 0.1) is 11.2 Å². The number of hydrazone groups is 1. The molecule has 0 radical (unpaired) electrons. The van der Waals surface area contributed by atoms with E-state index in [4.69, 9.17) is 4.74 Å². The van der Waals surface area contributed by atoms with Crippen LogP contribution in [0.15, 0.2) is 53.6 Å². The van der Waals surface area contributed by atoms with Crippen LogP contribution in [0.25, 0.3) is 0 Å². The van der Waals surface area contributed by atoms with E-state index < -0.39 is 46.3 Å². The van der Waals surface area contributed by atoms with Crippen LogP contribution in [-0.4, -0.2) is 81.9 Å². The molecule has 2 aromatic carbocycles. The highest BCUT2D eigenvalue weighted by atomic mass is 19.1. The van der Waals surface area contributed by atoms with Gasteiger partial charge in [0.05, 0.1) is 12.3 Å². The molecule has 1 fully saturated rings. The molecular formula is C34H44FN5O6. The largest absolute Gasteiger partial charge is 0.444 e. The molecule has 4 rings (SSSR count). The number of ether oxygens (including phenoxy) is 1. The summed E-state index contributed by atoms with van der Waals surface area (Å²) in [6.45, 7) is 8.13. The minimum absolute atomic E-state index is 0.0237. The van der Waals surface area contributed by atoms with E-state index >= 15 is 0 Å². The number of halogens is 1. The van der Waals surface area contributed by atoms with Gasteiger partial charge in [0.25, 0.3) is 5.91 Å². The van der Waals surface area contributed by atoms with Crippen LogP contribution >= 0.6 is 0 Å². The third kappa shape index (κ3) is 7.90. The van der Waals surface area contributed by atoms with Crippen molar-refractivity contribution in [1.29, 1.82) is 0 Å². The van der Waals surface area contributed by atoms with Crippen LogP contribution in [-0.2, 0) is 38.6 Å². The summed E-state index contributed by atoms with van der Waals surface area (Å²) in [6.07, 6.45) is 0.0216. The molecule has 2 aromatic rings. The number of likely N-dealkylation sites (tertiary alicyclic amines) is 1. The molecule has 0 aliphatic carbocycles. The van der Waals surface area contributed by atoms with Gasteiger partial charge in [-0.3, -0.25) is 14.4 Å². The maximum Gasteiger partial charge on any atom is 0.408 e. The number of benzene rings is 2. The molecule has 3 N–H and O–H groups in total. The minimum Gasteiger partial charge on any atom is -0.444 e.